The molecule has 1 heterocycles. The van der Waals surface area contributed by atoms with E-state index in [0.717, 1.165) is 17.8 Å². The average Bonchev–Trinajstić information content (AvgIpc) is 2.66. The van der Waals surface area contributed by atoms with Gasteiger partial charge in [0.2, 0.25) is 11.9 Å². The molecule has 4 N–H and O–H groups in total. The van der Waals surface area contributed by atoms with E-state index in [1.54, 1.807) is 4.90 Å². The van der Waals surface area contributed by atoms with Crippen molar-refractivity contribution in [2.45, 2.75) is 30.8 Å². The molecule has 0 aromatic heterocycles. The Morgan fingerprint density at radius 3 is 2.25 bits per heavy atom. The molecule has 2 aromatic carbocycles. The lowest BCUT2D eigenvalue weighted by Crippen LogP contribution is -2.54. The molecular formula is C20H25ClFN5O4S. The summed E-state index contributed by atoms with van der Waals surface area (Å²) in [5, 5.41) is 0. The summed E-state index contributed by atoms with van der Waals surface area (Å²) in [6.45, 7) is 4.48. The number of aliphatic imine (C=N–C) groups is 2. The number of nitrogens with two attached hydrogens (primary N) is 2. The summed E-state index contributed by atoms with van der Waals surface area (Å²) in [5.41, 5.74) is 11.8. The van der Waals surface area contributed by atoms with Crippen LogP contribution in [0.15, 0.2) is 63.4 Å². The first kappa shape index (κ1) is 25.2. The van der Waals surface area contributed by atoms with E-state index in [1.807, 2.05) is 38.1 Å². The van der Waals surface area contributed by atoms with Crippen molar-refractivity contribution in [3.63, 3.8) is 0 Å². The quantitative estimate of drug-likeness (QED) is 0.434. The summed E-state index contributed by atoms with van der Waals surface area (Å²) >= 11 is 0. The van der Waals surface area contributed by atoms with Crippen LogP contribution in [0.3, 0.4) is 0 Å². The summed E-state index contributed by atoms with van der Waals surface area (Å²) in [5.74, 6) is 1.46. The van der Waals surface area contributed by atoms with Crippen molar-refractivity contribution in [2.24, 2.45) is 21.5 Å². The van der Waals surface area contributed by atoms with Crippen LogP contribution >= 0.6 is 12.4 Å². The lowest BCUT2D eigenvalue weighted by Gasteiger charge is -2.38. The minimum atomic E-state index is -4.71. The van der Waals surface area contributed by atoms with E-state index in [0.29, 0.717) is 31.1 Å². The second kappa shape index (κ2) is 10.0. The van der Waals surface area contributed by atoms with E-state index in [1.165, 1.54) is 12.1 Å². The second-order valence-corrected chi connectivity index (χ2v) is 8.57. The van der Waals surface area contributed by atoms with Gasteiger partial charge in [-0.15, -0.1) is 16.3 Å². The van der Waals surface area contributed by atoms with Crippen molar-refractivity contribution >= 4 is 40.2 Å². The molecule has 3 rings (SSSR count). The molecule has 32 heavy (non-hydrogen) atoms. The number of ether oxygens (including phenoxy) is 2. The molecule has 0 unspecified atom stereocenters. The van der Waals surface area contributed by atoms with Crippen LogP contribution in [0, 0.1) is 0 Å². The molecule has 0 saturated heterocycles. The van der Waals surface area contributed by atoms with E-state index < -0.39 is 20.8 Å². The Morgan fingerprint density at radius 2 is 1.66 bits per heavy atom. The summed E-state index contributed by atoms with van der Waals surface area (Å²) in [6.07, 6.45) is 0.576. The average molecular weight is 486 g/mol. The second-order valence-electron chi connectivity index (χ2n) is 7.23. The number of hydrogen-bond donors (Lipinski definition) is 2. The molecule has 12 heteroatoms. The SMILES string of the molecule is CC1(C)N=C(N)N=C(N)N1c1cccc(OCCCOc2ccc(S(=O)(=O)F)cc2)c1.Cl. The topological polar surface area (TPSA) is 133 Å². The molecule has 0 radical (unpaired) electrons. The maximum Gasteiger partial charge on any atom is 0.332 e. The molecule has 0 amide bonds. The summed E-state index contributed by atoms with van der Waals surface area (Å²) in [6, 6.07) is 12.5. The zero-order chi connectivity index (χ0) is 22.6. The molecule has 0 fully saturated rings. The smallest absolute Gasteiger partial charge is 0.332 e. The van der Waals surface area contributed by atoms with Crippen LogP contribution in [0.25, 0.3) is 0 Å². The molecule has 0 aliphatic carbocycles. The predicted molar refractivity (Wildman–Crippen MR) is 124 cm³/mol. The fraction of sp³-hybridized carbons (Fsp3) is 0.300. The van der Waals surface area contributed by atoms with Gasteiger partial charge in [-0.2, -0.15) is 13.4 Å². The number of nitrogens with zero attached hydrogens (tertiary/aromatic N) is 3. The Labute approximate surface area is 192 Å². The van der Waals surface area contributed by atoms with Crippen LogP contribution in [0.1, 0.15) is 20.3 Å². The fourth-order valence-electron chi connectivity index (χ4n) is 3.10. The maximum atomic E-state index is 12.9. The number of halogens is 2. The molecule has 0 spiro atoms. The minimum absolute atomic E-state index is 0. The summed E-state index contributed by atoms with van der Waals surface area (Å²) < 4.78 is 45.8. The Kier molecular flexibility index (Phi) is 7.92. The Bertz CT molecular complexity index is 1110. The van der Waals surface area contributed by atoms with Crippen LogP contribution in [0.4, 0.5) is 9.57 Å². The van der Waals surface area contributed by atoms with Gasteiger partial charge in [-0.1, -0.05) is 6.07 Å². The van der Waals surface area contributed by atoms with Crippen molar-refractivity contribution in [3.8, 4) is 11.5 Å². The molecule has 0 saturated carbocycles. The number of anilines is 1. The van der Waals surface area contributed by atoms with Crippen molar-refractivity contribution in [3.05, 3.63) is 48.5 Å². The molecule has 0 bridgehead atoms. The maximum absolute atomic E-state index is 12.9. The van der Waals surface area contributed by atoms with Crippen molar-refractivity contribution in [2.75, 3.05) is 18.1 Å². The lowest BCUT2D eigenvalue weighted by molar-refractivity contribution is 0.247. The Balaban J connectivity index is 0.00000363. The molecule has 1 aliphatic heterocycles. The monoisotopic (exact) mass is 485 g/mol. The van der Waals surface area contributed by atoms with Gasteiger partial charge in [0, 0.05) is 18.2 Å². The molecule has 1 aliphatic rings. The van der Waals surface area contributed by atoms with Gasteiger partial charge >= 0.3 is 10.2 Å². The van der Waals surface area contributed by atoms with E-state index in [2.05, 4.69) is 9.98 Å². The fourth-order valence-corrected chi connectivity index (χ4v) is 3.56. The normalized spacial score (nSPS) is 15.3. The minimum Gasteiger partial charge on any atom is -0.493 e. The molecule has 0 atom stereocenters. The largest absolute Gasteiger partial charge is 0.493 e. The number of rotatable bonds is 8. The Morgan fingerprint density at radius 1 is 1.03 bits per heavy atom. The number of hydrogen-bond acceptors (Lipinski definition) is 9. The zero-order valence-electron chi connectivity index (χ0n) is 17.6. The lowest BCUT2D eigenvalue weighted by atomic mass is 10.1. The zero-order valence-corrected chi connectivity index (χ0v) is 19.2. The van der Waals surface area contributed by atoms with Crippen LogP contribution < -0.4 is 25.8 Å². The van der Waals surface area contributed by atoms with E-state index in [9.17, 15) is 12.3 Å². The van der Waals surface area contributed by atoms with Crippen LogP contribution in [-0.4, -0.2) is 39.2 Å². The standard InChI is InChI=1S/C20H24FN5O4S.ClH/c1-20(2)25-18(22)24-19(23)26(20)14-5-3-6-16(13-14)30-12-4-11-29-15-7-9-17(10-8-15)31(21,27)28;/h3,5-10,13H,4,11-12H2,1-2H3,(H4,22,23,24,25);1H. The number of guanidine groups is 2. The van der Waals surface area contributed by atoms with Crippen molar-refractivity contribution in [1.82, 2.24) is 0 Å². The summed E-state index contributed by atoms with van der Waals surface area (Å²) in [4.78, 5) is 9.73. The molecular weight excluding hydrogens is 461 g/mol. The van der Waals surface area contributed by atoms with E-state index >= 15 is 0 Å². The van der Waals surface area contributed by atoms with Gasteiger partial charge in [0.15, 0.2) is 0 Å². The third-order valence-corrected chi connectivity index (χ3v) is 5.24. The highest BCUT2D eigenvalue weighted by atomic mass is 35.5. The number of benzene rings is 2. The van der Waals surface area contributed by atoms with Gasteiger partial charge in [-0.25, -0.2) is 4.99 Å². The van der Waals surface area contributed by atoms with E-state index in [4.69, 9.17) is 20.9 Å². The van der Waals surface area contributed by atoms with Crippen LogP contribution in [0.5, 0.6) is 11.5 Å². The first-order valence-corrected chi connectivity index (χ1v) is 10.8. The predicted octanol–water partition coefficient (Wildman–Crippen LogP) is 2.80. The highest BCUT2D eigenvalue weighted by Gasteiger charge is 2.33. The summed E-state index contributed by atoms with van der Waals surface area (Å²) in [7, 11) is -4.71. The Hall–Kier alpha value is -3.05. The van der Waals surface area contributed by atoms with Gasteiger partial charge in [0.05, 0.1) is 18.1 Å². The first-order valence-electron chi connectivity index (χ1n) is 9.46. The third-order valence-electron chi connectivity index (χ3n) is 4.40. The van der Waals surface area contributed by atoms with Gasteiger partial charge in [0.1, 0.15) is 17.2 Å². The third kappa shape index (κ3) is 6.24. The van der Waals surface area contributed by atoms with Crippen molar-refractivity contribution in [1.29, 1.82) is 0 Å². The van der Waals surface area contributed by atoms with Crippen LogP contribution in [0.2, 0.25) is 0 Å². The van der Waals surface area contributed by atoms with E-state index in [-0.39, 0.29) is 24.3 Å². The van der Waals surface area contributed by atoms with Gasteiger partial charge < -0.3 is 20.9 Å². The van der Waals surface area contributed by atoms with Gasteiger partial charge in [0.25, 0.3) is 0 Å². The highest BCUT2D eigenvalue weighted by Crippen LogP contribution is 2.30. The van der Waals surface area contributed by atoms with Gasteiger partial charge in [-0.05, 0) is 50.2 Å². The molecule has 174 valence electrons. The molecule has 2 aromatic rings. The molecule has 9 nitrogen and oxygen atoms in total. The first-order chi connectivity index (χ1) is 14.6. The highest BCUT2D eigenvalue weighted by molar-refractivity contribution is 7.86. The van der Waals surface area contributed by atoms with Crippen LogP contribution in [-0.2, 0) is 10.2 Å². The van der Waals surface area contributed by atoms with Crippen molar-refractivity contribution < 1.29 is 21.8 Å². The van der Waals surface area contributed by atoms with Gasteiger partial charge in [-0.3, -0.25) is 4.90 Å².